The largest absolute Gasteiger partial charge is 0.497 e. The summed E-state index contributed by atoms with van der Waals surface area (Å²) in [4.78, 5) is 19.6. The monoisotopic (exact) mass is 453 g/mol. The van der Waals surface area contributed by atoms with Crippen LogP contribution in [0.15, 0.2) is 84.9 Å². The second-order valence-electron chi connectivity index (χ2n) is 7.95. The Labute approximate surface area is 199 Å². The number of rotatable bonds is 7. The summed E-state index contributed by atoms with van der Waals surface area (Å²) in [5.74, 6) is 1.28. The molecule has 34 heavy (non-hydrogen) atoms. The van der Waals surface area contributed by atoms with Crippen LogP contribution >= 0.6 is 0 Å². The van der Waals surface area contributed by atoms with Crippen LogP contribution in [0.1, 0.15) is 10.4 Å². The Kier molecular flexibility index (Phi) is 6.78. The van der Waals surface area contributed by atoms with Gasteiger partial charge >= 0.3 is 0 Å². The zero-order valence-corrected chi connectivity index (χ0v) is 19.7. The van der Waals surface area contributed by atoms with Crippen molar-refractivity contribution >= 4 is 17.3 Å². The zero-order valence-electron chi connectivity index (χ0n) is 19.7. The van der Waals surface area contributed by atoms with Gasteiger partial charge in [-0.05, 0) is 66.7 Å². The van der Waals surface area contributed by atoms with Crippen LogP contribution in [-0.4, -0.2) is 39.2 Å². The Morgan fingerprint density at radius 2 is 1.56 bits per heavy atom. The molecule has 0 aliphatic heterocycles. The predicted octanol–water partition coefficient (Wildman–Crippen LogP) is 5.75. The summed E-state index contributed by atoms with van der Waals surface area (Å²) in [6, 6.07) is 26.6. The van der Waals surface area contributed by atoms with Crippen molar-refractivity contribution in [1.29, 1.82) is 0 Å². The van der Waals surface area contributed by atoms with Gasteiger partial charge < -0.3 is 19.7 Å². The van der Waals surface area contributed by atoms with Crippen molar-refractivity contribution in [2.75, 3.05) is 38.5 Å². The van der Waals surface area contributed by atoms with E-state index >= 15 is 0 Å². The SMILES string of the molecule is COc1ccc(OC)c(-c2cccc(-c3cccc(NC(=O)c4ccc(N(C)C)cc4)c3)n2)c1. The van der Waals surface area contributed by atoms with Gasteiger partial charge in [0.25, 0.3) is 5.91 Å². The molecule has 6 heteroatoms. The molecule has 172 valence electrons. The van der Waals surface area contributed by atoms with E-state index < -0.39 is 0 Å². The van der Waals surface area contributed by atoms with Gasteiger partial charge in [-0.15, -0.1) is 0 Å². The van der Waals surface area contributed by atoms with Crippen molar-refractivity contribution in [3.63, 3.8) is 0 Å². The molecule has 0 atom stereocenters. The molecule has 6 nitrogen and oxygen atoms in total. The second kappa shape index (κ2) is 10.1. The Bertz CT molecular complexity index is 1300. The fourth-order valence-electron chi connectivity index (χ4n) is 3.63. The highest BCUT2D eigenvalue weighted by molar-refractivity contribution is 6.04. The van der Waals surface area contributed by atoms with E-state index in [1.165, 1.54) is 0 Å². The topological polar surface area (TPSA) is 63.7 Å². The summed E-state index contributed by atoms with van der Waals surface area (Å²) in [5, 5.41) is 2.98. The van der Waals surface area contributed by atoms with Crippen molar-refractivity contribution in [3.8, 4) is 34.0 Å². The lowest BCUT2D eigenvalue weighted by Gasteiger charge is -2.13. The average molecular weight is 454 g/mol. The number of benzene rings is 3. The maximum Gasteiger partial charge on any atom is 0.255 e. The minimum Gasteiger partial charge on any atom is -0.497 e. The van der Waals surface area contributed by atoms with E-state index in [9.17, 15) is 4.79 Å². The predicted molar refractivity (Wildman–Crippen MR) is 137 cm³/mol. The third kappa shape index (κ3) is 5.02. The first-order valence-electron chi connectivity index (χ1n) is 10.9. The molecule has 0 aliphatic carbocycles. The Hall–Kier alpha value is -4.32. The van der Waals surface area contributed by atoms with Crippen LogP contribution in [-0.2, 0) is 0 Å². The molecule has 0 bridgehead atoms. The molecule has 1 amide bonds. The van der Waals surface area contributed by atoms with Crippen molar-refractivity contribution in [1.82, 2.24) is 4.98 Å². The molecule has 3 aromatic carbocycles. The van der Waals surface area contributed by atoms with Crippen LogP contribution in [0.25, 0.3) is 22.5 Å². The summed E-state index contributed by atoms with van der Waals surface area (Å²) >= 11 is 0. The van der Waals surface area contributed by atoms with Gasteiger partial charge in [0.2, 0.25) is 0 Å². The molecule has 0 radical (unpaired) electrons. The standard InChI is InChI=1S/C28H27N3O3/c1-31(2)22-13-11-19(12-14-22)28(32)29-21-8-5-7-20(17-21)25-9-6-10-26(30-25)24-18-23(33-3)15-16-27(24)34-4/h5-18H,1-4H3,(H,29,32). The third-order valence-electron chi connectivity index (χ3n) is 5.49. The first kappa shape index (κ1) is 22.9. The summed E-state index contributed by atoms with van der Waals surface area (Å²) < 4.78 is 10.9. The number of anilines is 2. The highest BCUT2D eigenvalue weighted by atomic mass is 16.5. The van der Waals surface area contributed by atoms with E-state index in [-0.39, 0.29) is 5.91 Å². The summed E-state index contributed by atoms with van der Waals surface area (Å²) in [7, 11) is 7.20. The Morgan fingerprint density at radius 3 is 2.26 bits per heavy atom. The van der Waals surface area contributed by atoms with Crippen LogP contribution < -0.4 is 19.7 Å². The van der Waals surface area contributed by atoms with E-state index in [1.807, 2.05) is 104 Å². The molecule has 0 fully saturated rings. The molecule has 1 aromatic heterocycles. The number of nitrogens with one attached hydrogen (secondary N) is 1. The van der Waals surface area contributed by atoms with Gasteiger partial charge in [-0.25, -0.2) is 4.98 Å². The number of methoxy groups -OCH3 is 2. The van der Waals surface area contributed by atoms with Gasteiger partial charge in [0.15, 0.2) is 0 Å². The van der Waals surface area contributed by atoms with Gasteiger partial charge in [0.05, 0.1) is 25.6 Å². The zero-order chi connectivity index (χ0) is 24.1. The highest BCUT2D eigenvalue weighted by Crippen LogP contribution is 2.33. The normalized spacial score (nSPS) is 10.5. The van der Waals surface area contributed by atoms with Crippen LogP contribution in [0.2, 0.25) is 0 Å². The number of pyridine rings is 1. The molecule has 0 aliphatic rings. The number of carbonyl (C=O) groups excluding carboxylic acids is 1. The number of amides is 1. The smallest absolute Gasteiger partial charge is 0.255 e. The minimum atomic E-state index is -0.162. The van der Waals surface area contributed by atoms with Crippen LogP contribution in [0.5, 0.6) is 11.5 Å². The number of aromatic nitrogens is 1. The lowest BCUT2D eigenvalue weighted by Crippen LogP contribution is -2.13. The quantitative estimate of drug-likeness (QED) is 0.386. The minimum absolute atomic E-state index is 0.162. The maximum absolute atomic E-state index is 12.7. The van der Waals surface area contributed by atoms with Crippen LogP contribution in [0.3, 0.4) is 0 Å². The van der Waals surface area contributed by atoms with Crippen molar-refractivity contribution in [3.05, 3.63) is 90.5 Å². The average Bonchev–Trinajstić information content (AvgIpc) is 2.88. The van der Waals surface area contributed by atoms with E-state index in [2.05, 4.69) is 5.32 Å². The number of carbonyl (C=O) groups is 1. The Balaban J connectivity index is 1.59. The van der Waals surface area contributed by atoms with Gasteiger partial charge in [-0.1, -0.05) is 18.2 Å². The van der Waals surface area contributed by atoms with Crippen LogP contribution in [0.4, 0.5) is 11.4 Å². The van der Waals surface area contributed by atoms with Gasteiger partial charge in [-0.2, -0.15) is 0 Å². The maximum atomic E-state index is 12.7. The molecule has 1 N–H and O–H groups in total. The molecule has 4 aromatic rings. The highest BCUT2D eigenvalue weighted by Gasteiger charge is 2.12. The Morgan fingerprint density at radius 1 is 0.824 bits per heavy atom. The summed E-state index contributed by atoms with van der Waals surface area (Å²) in [6.07, 6.45) is 0. The van der Waals surface area contributed by atoms with E-state index in [1.54, 1.807) is 14.2 Å². The van der Waals surface area contributed by atoms with Gasteiger partial charge in [0.1, 0.15) is 11.5 Å². The van der Waals surface area contributed by atoms with Crippen molar-refractivity contribution < 1.29 is 14.3 Å². The molecule has 0 saturated carbocycles. The second-order valence-corrected chi connectivity index (χ2v) is 7.95. The summed E-state index contributed by atoms with van der Waals surface area (Å²) in [5.41, 5.74) is 5.63. The number of hydrogen-bond acceptors (Lipinski definition) is 5. The molecule has 0 spiro atoms. The number of nitrogens with zero attached hydrogens (tertiary/aromatic N) is 2. The number of hydrogen-bond donors (Lipinski definition) is 1. The molecule has 0 unspecified atom stereocenters. The fourth-order valence-corrected chi connectivity index (χ4v) is 3.63. The van der Waals surface area contributed by atoms with Gasteiger partial charge in [0, 0.05) is 42.2 Å². The molecular weight excluding hydrogens is 426 g/mol. The molecule has 4 rings (SSSR count). The molecular formula is C28H27N3O3. The number of ether oxygens (including phenoxy) is 2. The summed E-state index contributed by atoms with van der Waals surface area (Å²) in [6.45, 7) is 0. The fraction of sp³-hybridized carbons (Fsp3) is 0.143. The third-order valence-corrected chi connectivity index (χ3v) is 5.49. The lowest BCUT2D eigenvalue weighted by molar-refractivity contribution is 0.102. The first-order valence-corrected chi connectivity index (χ1v) is 10.9. The first-order chi connectivity index (χ1) is 16.5. The van der Waals surface area contributed by atoms with E-state index in [0.29, 0.717) is 17.0 Å². The van der Waals surface area contributed by atoms with E-state index in [0.717, 1.165) is 34.0 Å². The van der Waals surface area contributed by atoms with Crippen molar-refractivity contribution in [2.45, 2.75) is 0 Å². The molecule has 0 saturated heterocycles. The van der Waals surface area contributed by atoms with Crippen molar-refractivity contribution in [2.24, 2.45) is 0 Å². The molecule has 1 heterocycles. The van der Waals surface area contributed by atoms with E-state index in [4.69, 9.17) is 14.5 Å². The van der Waals surface area contributed by atoms with Crippen LogP contribution in [0, 0.1) is 0 Å². The lowest BCUT2D eigenvalue weighted by atomic mass is 10.1. The van der Waals surface area contributed by atoms with Gasteiger partial charge in [-0.3, -0.25) is 4.79 Å².